The lowest BCUT2D eigenvalue weighted by molar-refractivity contribution is 0.319. The molecule has 0 atom stereocenters. The van der Waals surface area contributed by atoms with Crippen LogP contribution in [0.25, 0.3) is 5.69 Å². The van der Waals surface area contributed by atoms with Crippen LogP contribution in [0.4, 0.5) is 0 Å². The van der Waals surface area contributed by atoms with Crippen molar-refractivity contribution in [3.8, 4) is 5.69 Å². The molecule has 0 fully saturated rings. The van der Waals surface area contributed by atoms with Crippen molar-refractivity contribution < 1.29 is 5.21 Å². The van der Waals surface area contributed by atoms with Gasteiger partial charge in [0.05, 0.1) is 5.69 Å². The minimum atomic E-state index is 0.347. The minimum Gasteiger partial charge on any atom is -0.410 e. The van der Waals surface area contributed by atoms with E-state index in [2.05, 4.69) is 15.2 Å². The Morgan fingerprint density at radius 3 is 2.25 bits per heavy atom. The van der Waals surface area contributed by atoms with E-state index in [0.717, 1.165) is 11.3 Å². The molecule has 0 bridgehead atoms. The summed E-state index contributed by atoms with van der Waals surface area (Å²) in [5, 5.41) is 16.9. The summed E-state index contributed by atoms with van der Waals surface area (Å²) in [4.78, 5) is 4.20. The molecule has 0 aliphatic heterocycles. The number of hydrogen-bond donors (Lipinski definition) is 1. The lowest BCUT2D eigenvalue weighted by Crippen LogP contribution is -2.06. The molecular weight excluding hydrogens is 252 g/mol. The Balaban J connectivity index is 1.98. The standard InChI is InChI=1S/C15H12N4O/c20-18-14(12-7-3-1-4-8-12)15-16-11-19(17-15)13-9-5-2-6-10-13/h1-11,20H. The fourth-order valence-corrected chi connectivity index (χ4v) is 1.90. The van der Waals surface area contributed by atoms with Crippen molar-refractivity contribution in [3.63, 3.8) is 0 Å². The SMILES string of the molecule is ON=C(c1ccccc1)c1ncn(-c2ccccc2)n1. The lowest BCUT2D eigenvalue weighted by Gasteiger charge is -2.00. The van der Waals surface area contributed by atoms with Crippen LogP contribution in [0.15, 0.2) is 72.1 Å². The van der Waals surface area contributed by atoms with Gasteiger partial charge in [0.25, 0.3) is 0 Å². The molecule has 1 heterocycles. The average Bonchev–Trinajstić information content (AvgIpc) is 3.00. The summed E-state index contributed by atoms with van der Waals surface area (Å²) >= 11 is 0. The lowest BCUT2D eigenvalue weighted by atomic mass is 10.1. The second kappa shape index (κ2) is 5.36. The first kappa shape index (κ1) is 12.1. The van der Waals surface area contributed by atoms with E-state index in [9.17, 15) is 5.21 Å². The summed E-state index contributed by atoms with van der Waals surface area (Å²) in [6, 6.07) is 19.0. The summed E-state index contributed by atoms with van der Waals surface area (Å²) in [6.07, 6.45) is 1.60. The molecule has 5 nitrogen and oxygen atoms in total. The second-order valence-electron chi connectivity index (χ2n) is 4.16. The molecule has 0 aliphatic rings. The Kier molecular flexibility index (Phi) is 3.24. The summed E-state index contributed by atoms with van der Waals surface area (Å²) < 4.78 is 1.64. The summed E-state index contributed by atoms with van der Waals surface area (Å²) in [5.74, 6) is 0.377. The molecule has 3 rings (SSSR count). The van der Waals surface area contributed by atoms with Crippen LogP contribution in [-0.4, -0.2) is 25.7 Å². The molecule has 0 amide bonds. The van der Waals surface area contributed by atoms with Crippen LogP contribution in [0, 0.1) is 0 Å². The molecule has 0 saturated heterocycles. The molecule has 1 N–H and O–H groups in total. The number of rotatable bonds is 3. The maximum atomic E-state index is 9.21. The molecule has 2 aromatic carbocycles. The first-order valence-corrected chi connectivity index (χ1v) is 6.13. The topological polar surface area (TPSA) is 63.3 Å². The van der Waals surface area contributed by atoms with Crippen LogP contribution in [0.3, 0.4) is 0 Å². The Hall–Kier alpha value is -2.95. The third-order valence-corrected chi connectivity index (χ3v) is 2.87. The van der Waals surface area contributed by atoms with Crippen LogP contribution in [0.1, 0.15) is 11.4 Å². The van der Waals surface area contributed by atoms with Gasteiger partial charge in [-0.15, -0.1) is 5.10 Å². The molecule has 0 saturated carbocycles. The molecule has 0 unspecified atom stereocenters. The van der Waals surface area contributed by atoms with Crippen LogP contribution in [-0.2, 0) is 0 Å². The first-order valence-electron chi connectivity index (χ1n) is 6.13. The fourth-order valence-electron chi connectivity index (χ4n) is 1.90. The van der Waals surface area contributed by atoms with E-state index in [-0.39, 0.29) is 0 Å². The van der Waals surface area contributed by atoms with Crippen LogP contribution in [0.5, 0.6) is 0 Å². The van der Waals surface area contributed by atoms with Crippen molar-refractivity contribution >= 4 is 5.71 Å². The van der Waals surface area contributed by atoms with Gasteiger partial charge < -0.3 is 5.21 Å². The maximum Gasteiger partial charge on any atom is 0.204 e. The minimum absolute atomic E-state index is 0.347. The third-order valence-electron chi connectivity index (χ3n) is 2.87. The average molecular weight is 264 g/mol. The summed E-state index contributed by atoms with van der Waals surface area (Å²) in [7, 11) is 0. The highest BCUT2D eigenvalue weighted by molar-refractivity contribution is 6.10. The van der Waals surface area contributed by atoms with Crippen molar-refractivity contribution in [2.75, 3.05) is 0 Å². The number of hydrogen-bond acceptors (Lipinski definition) is 4. The van der Waals surface area contributed by atoms with Crippen LogP contribution >= 0.6 is 0 Å². The predicted molar refractivity (Wildman–Crippen MR) is 75.2 cm³/mol. The number of benzene rings is 2. The molecule has 20 heavy (non-hydrogen) atoms. The second-order valence-corrected chi connectivity index (χ2v) is 4.16. The first-order chi connectivity index (χ1) is 9.88. The number of nitrogens with zero attached hydrogens (tertiary/aromatic N) is 4. The summed E-state index contributed by atoms with van der Waals surface area (Å²) in [5.41, 5.74) is 2.01. The highest BCUT2D eigenvalue weighted by Gasteiger charge is 2.13. The van der Waals surface area contributed by atoms with Crippen LogP contribution < -0.4 is 0 Å². The van der Waals surface area contributed by atoms with Gasteiger partial charge in [-0.2, -0.15) is 0 Å². The third kappa shape index (κ3) is 2.29. The van der Waals surface area contributed by atoms with Crippen molar-refractivity contribution in [1.82, 2.24) is 14.8 Å². The normalized spacial score (nSPS) is 11.5. The molecule has 0 aliphatic carbocycles. The number of oxime groups is 1. The Morgan fingerprint density at radius 1 is 0.950 bits per heavy atom. The van der Waals surface area contributed by atoms with Gasteiger partial charge in [-0.1, -0.05) is 53.7 Å². The zero-order valence-electron chi connectivity index (χ0n) is 10.6. The highest BCUT2D eigenvalue weighted by Crippen LogP contribution is 2.09. The zero-order chi connectivity index (χ0) is 13.8. The fraction of sp³-hybridized carbons (Fsp3) is 0. The van der Waals surface area contributed by atoms with Gasteiger partial charge >= 0.3 is 0 Å². The van der Waals surface area contributed by atoms with Gasteiger partial charge in [-0.25, -0.2) is 9.67 Å². The molecule has 3 aromatic rings. The molecule has 98 valence electrons. The monoisotopic (exact) mass is 264 g/mol. The Bertz CT molecular complexity index is 720. The van der Waals surface area contributed by atoms with E-state index >= 15 is 0 Å². The van der Waals surface area contributed by atoms with E-state index in [1.54, 1.807) is 11.0 Å². The summed E-state index contributed by atoms with van der Waals surface area (Å²) in [6.45, 7) is 0. The molecule has 1 aromatic heterocycles. The van der Waals surface area contributed by atoms with E-state index < -0.39 is 0 Å². The maximum absolute atomic E-state index is 9.21. The van der Waals surface area contributed by atoms with E-state index in [1.165, 1.54) is 0 Å². The Morgan fingerprint density at radius 2 is 1.60 bits per heavy atom. The number of aromatic nitrogens is 3. The largest absolute Gasteiger partial charge is 0.410 e. The molecule has 5 heteroatoms. The van der Waals surface area contributed by atoms with Crippen molar-refractivity contribution in [3.05, 3.63) is 78.4 Å². The molecule has 0 spiro atoms. The smallest absolute Gasteiger partial charge is 0.204 e. The predicted octanol–water partition coefficient (Wildman–Crippen LogP) is 2.49. The van der Waals surface area contributed by atoms with Gasteiger partial charge in [0.2, 0.25) is 5.82 Å². The van der Waals surface area contributed by atoms with Gasteiger partial charge in [0.15, 0.2) is 5.71 Å². The highest BCUT2D eigenvalue weighted by atomic mass is 16.4. The quantitative estimate of drug-likeness (QED) is 0.449. The Labute approximate surface area is 115 Å². The van der Waals surface area contributed by atoms with E-state index in [4.69, 9.17) is 0 Å². The van der Waals surface area contributed by atoms with Gasteiger partial charge in [-0.3, -0.25) is 0 Å². The number of para-hydroxylation sites is 1. The van der Waals surface area contributed by atoms with Gasteiger partial charge in [0.1, 0.15) is 6.33 Å². The van der Waals surface area contributed by atoms with Crippen molar-refractivity contribution in [2.45, 2.75) is 0 Å². The van der Waals surface area contributed by atoms with Crippen LogP contribution in [0.2, 0.25) is 0 Å². The van der Waals surface area contributed by atoms with Crippen molar-refractivity contribution in [1.29, 1.82) is 0 Å². The van der Waals surface area contributed by atoms with E-state index in [1.807, 2.05) is 60.7 Å². The molecule has 0 radical (unpaired) electrons. The van der Waals surface area contributed by atoms with Crippen molar-refractivity contribution in [2.24, 2.45) is 5.16 Å². The molecular formula is C15H12N4O. The zero-order valence-corrected chi connectivity index (χ0v) is 10.6. The van der Waals surface area contributed by atoms with Gasteiger partial charge in [0, 0.05) is 5.56 Å². The van der Waals surface area contributed by atoms with E-state index in [0.29, 0.717) is 11.5 Å². The van der Waals surface area contributed by atoms with Gasteiger partial charge in [-0.05, 0) is 12.1 Å².